The fraction of sp³-hybridized carbons (Fsp3) is 1.00. The molecule has 0 unspecified atom stereocenters. The van der Waals surface area contributed by atoms with E-state index in [-0.39, 0.29) is 0 Å². The first kappa shape index (κ1) is 14.3. The number of nitrogens with zero attached hydrogens (tertiary/aromatic N) is 2. The molecule has 0 atom stereocenters. The maximum absolute atomic E-state index is 5.16. The number of hydrogen-bond donors (Lipinski definition) is 0. The van der Waals surface area contributed by atoms with Crippen LogP contribution in [0.1, 0.15) is 38.5 Å². The van der Waals surface area contributed by atoms with Crippen LogP contribution in [0.3, 0.4) is 0 Å². The van der Waals surface area contributed by atoms with Crippen LogP contribution >= 0.6 is 0 Å². The first-order valence-corrected chi connectivity index (χ1v) is 7.82. The third-order valence-corrected chi connectivity index (χ3v) is 4.53. The van der Waals surface area contributed by atoms with Gasteiger partial charge in [0, 0.05) is 20.2 Å². The highest BCUT2D eigenvalue weighted by Crippen LogP contribution is 2.20. The van der Waals surface area contributed by atoms with Crippen LogP contribution in [-0.4, -0.2) is 62.8 Å². The van der Waals surface area contributed by atoms with Crippen molar-refractivity contribution in [3.8, 4) is 0 Å². The van der Waals surface area contributed by atoms with E-state index in [0.717, 1.165) is 19.1 Å². The lowest BCUT2D eigenvalue weighted by molar-refractivity contribution is 0.107. The average molecular weight is 254 g/mol. The number of hydrogen-bond acceptors (Lipinski definition) is 3. The van der Waals surface area contributed by atoms with Crippen molar-refractivity contribution in [1.82, 2.24) is 9.80 Å². The summed E-state index contributed by atoms with van der Waals surface area (Å²) in [6.07, 6.45) is 8.53. The third-order valence-electron chi connectivity index (χ3n) is 4.53. The van der Waals surface area contributed by atoms with Crippen molar-refractivity contribution in [2.45, 2.75) is 38.5 Å². The molecule has 2 heterocycles. The predicted octanol–water partition coefficient (Wildman–Crippen LogP) is 2.22. The molecule has 2 rings (SSSR count). The molecule has 0 aromatic rings. The Bertz CT molecular complexity index is 207. The molecule has 0 aliphatic carbocycles. The first-order chi connectivity index (χ1) is 8.88. The number of piperidine rings is 1. The van der Waals surface area contributed by atoms with Crippen molar-refractivity contribution in [1.29, 1.82) is 0 Å². The van der Waals surface area contributed by atoms with Gasteiger partial charge in [0.15, 0.2) is 0 Å². The van der Waals surface area contributed by atoms with Gasteiger partial charge in [0.1, 0.15) is 0 Å². The monoisotopic (exact) mass is 254 g/mol. The van der Waals surface area contributed by atoms with Crippen molar-refractivity contribution in [3.05, 3.63) is 0 Å². The Balaban J connectivity index is 1.63. The minimum atomic E-state index is 0.886. The Morgan fingerprint density at radius 1 is 0.889 bits per heavy atom. The highest BCUT2D eigenvalue weighted by molar-refractivity contribution is 4.76. The molecule has 2 fully saturated rings. The second kappa shape index (κ2) is 8.13. The van der Waals surface area contributed by atoms with Crippen molar-refractivity contribution < 1.29 is 4.74 Å². The fourth-order valence-corrected chi connectivity index (χ4v) is 3.30. The van der Waals surface area contributed by atoms with E-state index in [1.54, 1.807) is 7.11 Å². The SMILES string of the molecule is COCCN1CCC(CN2CCCCCC2)CC1. The number of likely N-dealkylation sites (tertiary alicyclic amines) is 2. The smallest absolute Gasteiger partial charge is 0.0589 e. The molecule has 0 bridgehead atoms. The normalized spacial score (nSPS) is 25.2. The topological polar surface area (TPSA) is 15.7 Å². The number of rotatable bonds is 5. The number of methoxy groups -OCH3 is 1. The second-order valence-electron chi connectivity index (χ2n) is 5.99. The van der Waals surface area contributed by atoms with E-state index in [1.165, 1.54) is 71.2 Å². The maximum atomic E-state index is 5.16. The molecular weight excluding hydrogens is 224 g/mol. The molecule has 106 valence electrons. The summed E-state index contributed by atoms with van der Waals surface area (Å²) in [6, 6.07) is 0. The summed E-state index contributed by atoms with van der Waals surface area (Å²) < 4.78 is 5.16. The van der Waals surface area contributed by atoms with E-state index < -0.39 is 0 Å². The fourth-order valence-electron chi connectivity index (χ4n) is 3.30. The van der Waals surface area contributed by atoms with Crippen LogP contribution in [0.5, 0.6) is 0 Å². The zero-order valence-electron chi connectivity index (χ0n) is 12.1. The summed E-state index contributed by atoms with van der Waals surface area (Å²) >= 11 is 0. The molecule has 0 radical (unpaired) electrons. The second-order valence-corrected chi connectivity index (χ2v) is 5.99. The van der Waals surface area contributed by atoms with Crippen LogP contribution in [0.25, 0.3) is 0 Å². The molecular formula is C15H30N2O. The van der Waals surface area contributed by atoms with Gasteiger partial charge in [0.2, 0.25) is 0 Å². The Morgan fingerprint density at radius 2 is 1.56 bits per heavy atom. The standard InChI is InChI=1S/C15H30N2O/c1-18-13-12-16-10-6-15(7-11-16)14-17-8-4-2-3-5-9-17/h15H,2-14H2,1H3. The Hall–Kier alpha value is -0.120. The lowest BCUT2D eigenvalue weighted by Gasteiger charge is -2.34. The van der Waals surface area contributed by atoms with Crippen molar-refractivity contribution in [3.63, 3.8) is 0 Å². The molecule has 3 heteroatoms. The molecule has 2 saturated heterocycles. The van der Waals surface area contributed by atoms with Gasteiger partial charge in [-0.25, -0.2) is 0 Å². The van der Waals surface area contributed by atoms with E-state index in [1.807, 2.05) is 0 Å². The van der Waals surface area contributed by atoms with Gasteiger partial charge in [-0.1, -0.05) is 12.8 Å². The van der Waals surface area contributed by atoms with Gasteiger partial charge >= 0.3 is 0 Å². The van der Waals surface area contributed by atoms with Crippen LogP contribution in [-0.2, 0) is 4.74 Å². The zero-order chi connectivity index (χ0) is 12.6. The predicted molar refractivity (Wildman–Crippen MR) is 75.9 cm³/mol. The summed E-state index contributed by atoms with van der Waals surface area (Å²) in [5, 5.41) is 0. The molecule has 2 aliphatic heterocycles. The molecule has 0 amide bonds. The van der Waals surface area contributed by atoms with Crippen molar-refractivity contribution in [2.75, 3.05) is 53.0 Å². The van der Waals surface area contributed by atoms with Gasteiger partial charge in [0.05, 0.1) is 6.61 Å². The lowest BCUT2D eigenvalue weighted by atomic mass is 9.96. The van der Waals surface area contributed by atoms with Gasteiger partial charge < -0.3 is 14.5 Å². The Morgan fingerprint density at radius 3 is 2.17 bits per heavy atom. The largest absolute Gasteiger partial charge is 0.383 e. The van der Waals surface area contributed by atoms with E-state index in [2.05, 4.69) is 9.80 Å². The molecule has 3 nitrogen and oxygen atoms in total. The van der Waals surface area contributed by atoms with Crippen LogP contribution in [0.4, 0.5) is 0 Å². The van der Waals surface area contributed by atoms with Gasteiger partial charge in [0.25, 0.3) is 0 Å². The van der Waals surface area contributed by atoms with Crippen LogP contribution in [0.2, 0.25) is 0 Å². The van der Waals surface area contributed by atoms with Gasteiger partial charge in [-0.05, 0) is 57.8 Å². The summed E-state index contributed by atoms with van der Waals surface area (Å²) in [5.41, 5.74) is 0. The molecule has 0 N–H and O–H groups in total. The lowest BCUT2D eigenvalue weighted by Crippen LogP contribution is -2.40. The highest BCUT2D eigenvalue weighted by Gasteiger charge is 2.21. The zero-order valence-corrected chi connectivity index (χ0v) is 12.1. The molecule has 2 aliphatic rings. The van der Waals surface area contributed by atoms with E-state index in [0.29, 0.717) is 0 Å². The highest BCUT2D eigenvalue weighted by atomic mass is 16.5. The van der Waals surface area contributed by atoms with Crippen molar-refractivity contribution in [2.24, 2.45) is 5.92 Å². The van der Waals surface area contributed by atoms with Gasteiger partial charge in [-0.3, -0.25) is 0 Å². The van der Waals surface area contributed by atoms with Crippen LogP contribution in [0.15, 0.2) is 0 Å². The van der Waals surface area contributed by atoms with E-state index in [9.17, 15) is 0 Å². The molecule has 0 saturated carbocycles. The maximum Gasteiger partial charge on any atom is 0.0589 e. The van der Waals surface area contributed by atoms with Gasteiger partial charge in [-0.15, -0.1) is 0 Å². The quantitative estimate of drug-likeness (QED) is 0.748. The Labute approximate surface area is 112 Å². The third kappa shape index (κ3) is 4.87. The summed E-state index contributed by atoms with van der Waals surface area (Å²) in [6.45, 7) is 8.62. The van der Waals surface area contributed by atoms with Gasteiger partial charge in [-0.2, -0.15) is 0 Å². The van der Waals surface area contributed by atoms with E-state index >= 15 is 0 Å². The molecule has 0 spiro atoms. The van der Waals surface area contributed by atoms with Crippen LogP contribution in [0, 0.1) is 5.92 Å². The molecule has 18 heavy (non-hydrogen) atoms. The first-order valence-electron chi connectivity index (χ1n) is 7.82. The van der Waals surface area contributed by atoms with Crippen molar-refractivity contribution >= 4 is 0 Å². The van der Waals surface area contributed by atoms with Crippen LogP contribution < -0.4 is 0 Å². The van der Waals surface area contributed by atoms with E-state index in [4.69, 9.17) is 4.74 Å². The molecule has 0 aromatic carbocycles. The summed E-state index contributed by atoms with van der Waals surface area (Å²) in [5.74, 6) is 0.946. The average Bonchev–Trinajstić information content (AvgIpc) is 2.67. The number of ether oxygens (including phenoxy) is 1. The molecule has 0 aromatic heterocycles. The minimum Gasteiger partial charge on any atom is -0.383 e. The summed E-state index contributed by atoms with van der Waals surface area (Å²) in [7, 11) is 1.80. The Kier molecular flexibility index (Phi) is 6.46. The summed E-state index contributed by atoms with van der Waals surface area (Å²) in [4.78, 5) is 5.28. The minimum absolute atomic E-state index is 0.886.